The first-order valence-electron chi connectivity index (χ1n) is 12.0. The van der Waals surface area contributed by atoms with Crippen LogP contribution in [0.1, 0.15) is 35.4 Å². The summed E-state index contributed by atoms with van der Waals surface area (Å²) in [5, 5.41) is 20.0. The lowest BCUT2D eigenvalue weighted by atomic mass is 9.94. The van der Waals surface area contributed by atoms with E-state index in [-0.39, 0.29) is 24.8 Å². The molecule has 2 amide bonds. The summed E-state index contributed by atoms with van der Waals surface area (Å²) >= 11 is 0. The molecule has 1 aliphatic heterocycles. The Labute approximate surface area is 205 Å². The Morgan fingerprint density at radius 2 is 1.57 bits per heavy atom. The van der Waals surface area contributed by atoms with Gasteiger partial charge in [-0.2, -0.15) is 5.26 Å². The standard InChI is InChI=1S/C29H27N3O3/c30-18-21-11-8-16-31(21)28(33)27(17-20-9-2-1-3-10-20)32(29(34)35)19-26-24-14-6-4-12-22(24)23-13-5-7-15-25(23)26/h1-7,9-10,12-15,21,26-27H,8,11,16-17,19H2,(H,34,35). The molecule has 6 heteroatoms. The number of nitriles is 1. The molecule has 0 spiro atoms. The van der Waals surface area contributed by atoms with E-state index in [0.717, 1.165) is 34.2 Å². The molecule has 1 saturated heterocycles. The highest BCUT2D eigenvalue weighted by atomic mass is 16.4. The number of benzene rings is 3. The lowest BCUT2D eigenvalue weighted by Crippen LogP contribution is -2.53. The molecule has 1 heterocycles. The fourth-order valence-corrected chi connectivity index (χ4v) is 5.52. The van der Waals surface area contributed by atoms with E-state index in [1.165, 1.54) is 4.90 Å². The summed E-state index contributed by atoms with van der Waals surface area (Å²) in [6, 6.07) is 26.4. The number of carbonyl (C=O) groups is 2. The van der Waals surface area contributed by atoms with Crippen LogP contribution in [0, 0.1) is 11.3 Å². The van der Waals surface area contributed by atoms with Gasteiger partial charge in [-0.15, -0.1) is 0 Å². The van der Waals surface area contributed by atoms with E-state index in [9.17, 15) is 20.0 Å². The van der Waals surface area contributed by atoms with Crippen LogP contribution in [0.3, 0.4) is 0 Å². The maximum absolute atomic E-state index is 13.8. The van der Waals surface area contributed by atoms with Gasteiger partial charge in [-0.3, -0.25) is 9.69 Å². The van der Waals surface area contributed by atoms with Gasteiger partial charge in [0.05, 0.1) is 6.07 Å². The summed E-state index contributed by atoms with van der Waals surface area (Å²) < 4.78 is 0. The number of carboxylic acid groups (broad SMARTS) is 1. The Morgan fingerprint density at radius 3 is 2.17 bits per heavy atom. The number of fused-ring (bicyclic) bond motifs is 3. The van der Waals surface area contributed by atoms with Gasteiger partial charge in [-0.1, -0.05) is 78.9 Å². The molecule has 6 nitrogen and oxygen atoms in total. The summed E-state index contributed by atoms with van der Waals surface area (Å²) in [4.78, 5) is 29.4. The summed E-state index contributed by atoms with van der Waals surface area (Å²) in [6.45, 7) is 0.641. The average Bonchev–Trinajstić information content (AvgIpc) is 3.49. The van der Waals surface area contributed by atoms with E-state index in [0.29, 0.717) is 13.0 Å². The minimum Gasteiger partial charge on any atom is -0.465 e. The number of hydrogen-bond donors (Lipinski definition) is 1. The molecule has 0 saturated carbocycles. The fourth-order valence-electron chi connectivity index (χ4n) is 5.52. The van der Waals surface area contributed by atoms with Crippen LogP contribution in [0.15, 0.2) is 78.9 Å². The number of likely N-dealkylation sites (tertiary alicyclic amines) is 1. The number of hydrogen-bond acceptors (Lipinski definition) is 3. The van der Waals surface area contributed by atoms with Crippen molar-refractivity contribution in [3.8, 4) is 17.2 Å². The van der Waals surface area contributed by atoms with Crippen molar-refractivity contribution in [1.29, 1.82) is 5.26 Å². The summed E-state index contributed by atoms with van der Waals surface area (Å²) in [5.41, 5.74) is 5.24. The van der Waals surface area contributed by atoms with Crippen LogP contribution < -0.4 is 0 Å². The fraction of sp³-hybridized carbons (Fsp3) is 0.276. The van der Waals surface area contributed by atoms with Crippen LogP contribution in [-0.2, 0) is 11.2 Å². The molecule has 1 fully saturated rings. The molecule has 35 heavy (non-hydrogen) atoms. The minimum atomic E-state index is -1.13. The van der Waals surface area contributed by atoms with Crippen molar-refractivity contribution >= 4 is 12.0 Å². The van der Waals surface area contributed by atoms with E-state index in [1.54, 1.807) is 4.90 Å². The third kappa shape index (κ3) is 4.26. The predicted molar refractivity (Wildman–Crippen MR) is 133 cm³/mol. The second kappa shape index (κ2) is 9.63. The first-order valence-corrected chi connectivity index (χ1v) is 12.0. The molecule has 0 aromatic heterocycles. The highest BCUT2D eigenvalue weighted by molar-refractivity contribution is 5.87. The van der Waals surface area contributed by atoms with E-state index < -0.39 is 18.2 Å². The van der Waals surface area contributed by atoms with Gasteiger partial charge in [0.1, 0.15) is 12.1 Å². The lowest BCUT2D eigenvalue weighted by molar-refractivity contribution is -0.136. The maximum Gasteiger partial charge on any atom is 0.408 e. The molecular weight excluding hydrogens is 438 g/mol. The lowest BCUT2D eigenvalue weighted by Gasteiger charge is -2.34. The Kier molecular flexibility index (Phi) is 6.24. The first-order chi connectivity index (χ1) is 17.1. The van der Waals surface area contributed by atoms with Crippen molar-refractivity contribution in [2.24, 2.45) is 0 Å². The molecule has 3 aromatic rings. The Bertz CT molecular complexity index is 1240. The van der Waals surface area contributed by atoms with Gasteiger partial charge in [-0.25, -0.2) is 4.79 Å². The van der Waals surface area contributed by atoms with Crippen molar-refractivity contribution < 1.29 is 14.7 Å². The number of rotatable bonds is 6. The molecule has 1 N–H and O–H groups in total. The summed E-state index contributed by atoms with van der Waals surface area (Å²) in [5.74, 6) is -0.463. The first kappa shape index (κ1) is 22.7. The van der Waals surface area contributed by atoms with Crippen molar-refractivity contribution in [2.45, 2.75) is 37.3 Å². The second-order valence-corrected chi connectivity index (χ2v) is 9.19. The van der Waals surface area contributed by atoms with Crippen molar-refractivity contribution in [3.63, 3.8) is 0 Å². The van der Waals surface area contributed by atoms with Crippen molar-refractivity contribution in [2.75, 3.05) is 13.1 Å². The van der Waals surface area contributed by atoms with Gasteiger partial charge >= 0.3 is 6.09 Å². The molecule has 176 valence electrons. The van der Waals surface area contributed by atoms with Gasteiger partial charge in [0.15, 0.2) is 0 Å². The molecule has 0 bridgehead atoms. The largest absolute Gasteiger partial charge is 0.465 e. The topological polar surface area (TPSA) is 84.6 Å². The Balaban J connectivity index is 1.53. The summed E-state index contributed by atoms with van der Waals surface area (Å²) in [6.07, 6.45) is 0.500. The zero-order valence-corrected chi connectivity index (χ0v) is 19.4. The third-order valence-electron chi connectivity index (χ3n) is 7.21. The zero-order valence-electron chi connectivity index (χ0n) is 19.4. The molecular formula is C29H27N3O3. The van der Waals surface area contributed by atoms with Gasteiger partial charge < -0.3 is 10.0 Å². The van der Waals surface area contributed by atoms with E-state index >= 15 is 0 Å². The monoisotopic (exact) mass is 465 g/mol. The average molecular weight is 466 g/mol. The number of nitrogens with zero attached hydrogens (tertiary/aromatic N) is 3. The maximum atomic E-state index is 13.8. The SMILES string of the molecule is N#CC1CCCN1C(=O)C(Cc1ccccc1)N(CC1c2ccccc2-c2ccccc21)C(=O)O. The zero-order chi connectivity index (χ0) is 24.4. The van der Waals surface area contributed by atoms with Crippen molar-refractivity contribution in [3.05, 3.63) is 95.6 Å². The highest BCUT2D eigenvalue weighted by Gasteiger charge is 2.40. The molecule has 1 aliphatic carbocycles. The second-order valence-electron chi connectivity index (χ2n) is 9.19. The van der Waals surface area contributed by atoms with E-state index in [4.69, 9.17) is 0 Å². The van der Waals surface area contributed by atoms with Gasteiger partial charge in [-0.05, 0) is 40.7 Å². The van der Waals surface area contributed by atoms with E-state index in [1.807, 2.05) is 66.7 Å². The molecule has 2 unspecified atom stereocenters. The molecule has 2 aliphatic rings. The normalized spacial score (nSPS) is 17.3. The Morgan fingerprint density at radius 1 is 0.971 bits per heavy atom. The third-order valence-corrected chi connectivity index (χ3v) is 7.21. The Hall–Kier alpha value is -4.11. The summed E-state index contributed by atoms with van der Waals surface area (Å²) in [7, 11) is 0. The predicted octanol–water partition coefficient (Wildman–Crippen LogP) is 4.90. The van der Waals surface area contributed by atoms with Crippen LogP contribution in [0.25, 0.3) is 11.1 Å². The van der Waals surface area contributed by atoms with Crippen LogP contribution >= 0.6 is 0 Å². The smallest absolute Gasteiger partial charge is 0.408 e. The number of carbonyl (C=O) groups excluding carboxylic acids is 1. The van der Waals surface area contributed by atoms with E-state index in [2.05, 4.69) is 18.2 Å². The number of amides is 2. The quantitative estimate of drug-likeness (QED) is 0.561. The molecule has 5 rings (SSSR count). The molecule has 3 aromatic carbocycles. The van der Waals surface area contributed by atoms with Crippen LogP contribution in [0.2, 0.25) is 0 Å². The van der Waals surface area contributed by atoms with Gasteiger partial charge in [0.25, 0.3) is 0 Å². The van der Waals surface area contributed by atoms with Gasteiger partial charge in [0.2, 0.25) is 5.91 Å². The van der Waals surface area contributed by atoms with Crippen LogP contribution in [0.4, 0.5) is 4.79 Å². The van der Waals surface area contributed by atoms with Crippen molar-refractivity contribution in [1.82, 2.24) is 9.80 Å². The minimum absolute atomic E-state index is 0.164. The van der Waals surface area contributed by atoms with Gasteiger partial charge in [0, 0.05) is 25.4 Å². The van der Waals surface area contributed by atoms with Crippen LogP contribution in [0.5, 0.6) is 0 Å². The van der Waals surface area contributed by atoms with Crippen LogP contribution in [-0.4, -0.2) is 52.1 Å². The molecule has 2 atom stereocenters. The highest BCUT2D eigenvalue weighted by Crippen LogP contribution is 2.45. The molecule has 0 radical (unpaired) electrons.